The first-order valence-corrected chi connectivity index (χ1v) is 14.9. The molecule has 5 nitrogen and oxygen atoms in total. The van der Waals surface area contributed by atoms with Crippen molar-refractivity contribution in [3.8, 4) is 0 Å². The molecule has 2 heterocycles. The van der Waals surface area contributed by atoms with Crippen LogP contribution in [0.1, 0.15) is 62.6 Å². The van der Waals surface area contributed by atoms with Gasteiger partial charge in [0.1, 0.15) is 0 Å². The van der Waals surface area contributed by atoms with Crippen molar-refractivity contribution in [3.63, 3.8) is 0 Å². The second-order valence-electron chi connectivity index (χ2n) is 9.95. The van der Waals surface area contributed by atoms with Gasteiger partial charge >= 0.3 is 6.18 Å². The van der Waals surface area contributed by atoms with E-state index in [4.69, 9.17) is 4.98 Å². The van der Waals surface area contributed by atoms with Gasteiger partial charge in [0.25, 0.3) is 0 Å². The van der Waals surface area contributed by atoms with Crippen LogP contribution in [0.15, 0.2) is 52.5 Å². The lowest BCUT2D eigenvalue weighted by Crippen LogP contribution is -2.39. The Morgan fingerprint density at radius 3 is 2.56 bits per heavy atom. The molecule has 0 spiro atoms. The van der Waals surface area contributed by atoms with Crippen molar-refractivity contribution in [2.45, 2.75) is 73.5 Å². The van der Waals surface area contributed by atoms with Crippen molar-refractivity contribution in [2.24, 2.45) is 5.92 Å². The molecule has 1 saturated carbocycles. The molecule has 0 bridgehead atoms. The number of hydrogen-bond acceptors (Lipinski definition) is 4. The van der Waals surface area contributed by atoms with E-state index in [9.17, 15) is 21.6 Å². The summed E-state index contributed by atoms with van der Waals surface area (Å²) in [6.07, 6.45) is 1.75. The van der Waals surface area contributed by atoms with Gasteiger partial charge in [-0.05, 0) is 61.4 Å². The summed E-state index contributed by atoms with van der Waals surface area (Å²) in [4.78, 5) is 5.04. The predicted molar refractivity (Wildman–Crippen MR) is 135 cm³/mol. The highest BCUT2D eigenvalue weighted by Gasteiger charge is 2.31. The van der Waals surface area contributed by atoms with Crippen molar-refractivity contribution >= 4 is 32.8 Å². The molecule has 36 heavy (non-hydrogen) atoms. The number of aromatic nitrogens is 2. The Kier molecular flexibility index (Phi) is 7.13. The number of alkyl halides is 3. The summed E-state index contributed by atoms with van der Waals surface area (Å²) in [7, 11) is -3.61. The number of rotatable bonds is 6. The summed E-state index contributed by atoms with van der Waals surface area (Å²) >= 11 is 1.40. The first-order chi connectivity index (χ1) is 17.1. The molecule has 2 aromatic carbocycles. The average molecular weight is 538 g/mol. The fourth-order valence-corrected chi connectivity index (χ4v) is 7.98. The number of hydrogen-bond donors (Lipinski definition) is 0. The molecular formula is C26H30F3N3O2S2. The molecule has 10 heteroatoms. The van der Waals surface area contributed by atoms with Gasteiger partial charge in [0.15, 0.2) is 5.16 Å². The van der Waals surface area contributed by atoms with E-state index in [0.29, 0.717) is 35.8 Å². The minimum Gasteiger partial charge on any atom is -0.316 e. The minimum absolute atomic E-state index is 0.245. The van der Waals surface area contributed by atoms with Crippen molar-refractivity contribution in [2.75, 3.05) is 13.1 Å². The summed E-state index contributed by atoms with van der Waals surface area (Å²) in [6.45, 7) is 3.12. The van der Waals surface area contributed by atoms with Crippen LogP contribution in [0.5, 0.6) is 0 Å². The van der Waals surface area contributed by atoms with E-state index in [1.54, 1.807) is 22.5 Å². The number of sulfonamides is 1. The molecule has 3 aromatic rings. The van der Waals surface area contributed by atoms with Gasteiger partial charge < -0.3 is 4.57 Å². The first-order valence-electron chi connectivity index (χ1n) is 12.4. The summed E-state index contributed by atoms with van der Waals surface area (Å²) in [6, 6.07) is 10.8. The zero-order chi connectivity index (χ0) is 25.5. The second-order valence-corrected chi connectivity index (χ2v) is 12.8. The highest BCUT2D eigenvalue weighted by atomic mass is 32.2. The SMILES string of the molecule is C[C@@H]1CCCN(S(=O)(=O)c2ccc3c(c2)nc(SCc2cccc(C(F)(F)F)c2)n3C2CCCC2)C1. The summed E-state index contributed by atoms with van der Waals surface area (Å²) in [5.74, 6) is 0.675. The Bertz CT molecular complexity index is 1350. The van der Waals surface area contributed by atoms with E-state index < -0.39 is 21.8 Å². The molecule has 0 amide bonds. The van der Waals surface area contributed by atoms with Crippen LogP contribution in [-0.4, -0.2) is 35.4 Å². The molecule has 2 aliphatic rings. The van der Waals surface area contributed by atoms with Crippen LogP contribution in [0.4, 0.5) is 13.2 Å². The van der Waals surface area contributed by atoms with Gasteiger partial charge in [0, 0.05) is 24.9 Å². The fourth-order valence-electron chi connectivity index (χ4n) is 5.33. The lowest BCUT2D eigenvalue weighted by atomic mass is 10.0. The second kappa shape index (κ2) is 10.0. The third kappa shape index (κ3) is 5.17. The lowest BCUT2D eigenvalue weighted by Gasteiger charge is -2.30. The van der Waals surface area contributed by atoms with E-state index in [2.05, 4.69) is 11.5 Å². The van der Waals surface area contributed by atoms with Gasteiger partial charge in [-0.2, -0.15) is 17.5 Å². The molecule has 1 aliphatic carbocycles. The predicted octanol–water partition coefficient (Wildman–Crippen LogP) is 6.88. The largest absolute Gasteiger partial charge is 0.416 e. The van der Waals surface area contributed by atoms with Crippen molar-refractivity contribution in [3.05, 3.63) is 53.6 Å². The van der Waals surface area contributed by atoms with Gasteiger partial charge in [0.2, 0.25) is 10.0 Å². The Hall–Kier alpha value is -2.04. The van der Waals surface area contributed by atoms with Crippen LogP contribution >= 0.6 is 11.8 Å². The molecular weight excluding hydrogens is 507 g/mol. The normalized spacial score (nSPS) is 20.4. The van der Waals surface area contributed by atoms with Gasteiger partial charge in [0.05, 0.1) is 21.5 Å². The van der Waals surface area contributed by atoms with Crippen LogP contribution in [-0.2, 0) is 22.0 Å². The third-order valence-electron chi connectivity index (χ3n) is 7.20. The van der Waals surface area contributed by atoms with Crippen molar-refractivity contribution in [1.82, 2.24) is 13.9 Å². The molecule has 0 radical (unpaired) electrons. The molecule has 0 N–H and O–H groups in total. The first kappa shape index (κ1) is 25.6. The quantitative estimate of drug-likeness (QED) is 0.322. The number of nitrogens with zero attached hydrogens (tertiary/aromatic N) is 3. The molecule has 5 rings (SSSR count). The average Bonchev–Trinajstić information content (AvgIpc) is 3.49. The summed E-state index contributed by atoms with van der Waals surface area (Å²) in [5.41, 5.74) is 1.40. The topological polar surface area (TPSA) is 55.2 Å². The monoisotopic (exact) mass is 537 g/mol. The molecule has 1 aromatic heterocycles. The Labute approximate surface area is 214 Å². The maximum atomic E-state index is 13.3. The Morgan fingerprint density at radius 1 is 1.06 bits per heavy atom. The zero-order valence-corrected chi connectivity index (χ0v) is 21.8. The zero-order valence-electron chi connectivity index (χ0n) is 20.2. The number of imidazole rings is 1. The van der Waals surface area contributed by atoms with E-state index in [1.807, 2.05) is 6.07 Å². The molecule has 0 unspecified atom stereocenters. The molecule has 1 saturated heterocycles. The number of thioether (sulfide) groups is 1. The van der Waals surface area contributed by atoms with Crippen LogP contribution in [0.3, 0.4) is 0 Å². The highest BCUT2D eigenvalue weighted by Crippen LogP contribution is 2.39. The molecule has 194 valence electrons. The van der Waals surface area contributed by atoms with E-state index in [-0.39, 0.29) is 10.9 Å². The third-order valence-corrected chi connectivity index (χ3v) is 10.1. The Balaban J connectivity index is 1.47. The fraction of sp³-hybridized carbons (Fsp3) is 0.500. The highest BCUT2D eigenvalue weighted by molar-refractivity contribution is 7.98. The number of halogens is 3. The molecule has 1 aliphatic heterocycles. The van der Waals surface area contributed by atoms with Gasteiger partial charge in [-0.1, -0.05) is 49.7 Å². The minimum atomic E-state index is -4.38. The standard InChI is InChI=1S/C26H30F3N3O2S2/c1-18-6-5-13-31(16-18)36(33,34)22-11-12-24-23(15-22)30-25(32(24)21-9-2-3-10-21)35-17-19-7-4-8-20(14-19)26(27,28)29/h4,7-8,11-12,14-15,18,21H,2-3,5-6,9-10,13,16-17H2,1H3/t18-/m1/s1. The lowest BCUT2D eigenvalue weighted by molar-refractivity contribution is -0.137. The smallest absolute Gasteiger partial charge is 0.316 e. The maximum absolute atomic E-state index is 13.3. The van der Waals surface area contributed by atoms with Crippen LogP contribution in [0.25, 0.3) is 11.0 Å². The number of fused-ring (bicyclic) bond motifs is 1. The van der Waals surface area contributed by atoms with Gasteiger partial charge in [-0.25, -0.2) is 13.4 Å². The molecule has 1 atom stereocenters. The number of piperidine rings is 1. The summed E-state index contributed by atoms with van der Waals surface area (Å²) in [5, 5.41) is 0.718. The van der Waals surface area contributed by atoms with Crippen LogP contribution in [0, 0.1) is 5.92 Å². The van der Waals surface area contributed by atoms with Gasteiger partial charge in [-0.3, -0.25) is 0 Å². The van der Waals surface area contributed by atoms with E-state index >= 15 is 0 Å². The van der Waals surface area contributed by atoms with E-state index in [0.717, 1.165) is 55.3 Å². The van der Waals surface area contributed by atoms with Gasteiger partial charge in [-0.15, -0.1) is 0 Å². The maximum Gasteiger partial charge on any atom is 0.416 e. The van der Waals surface area contributed by atoms with Crippen molar-refractivity contribution in [1.29, 1.82) is 0 Å². The van der Waals surface area contributed by atoms with Crippen LogP contribution in [0.2, 0.25) is 0 Å². The molecule has 2 fully saturated rings. The van der Waals surface area contributed by atoms with Crippen molar-refractivity contribution < 1.29 is 21.6 Å². The Morgan fingerprint density at radius 2 is 1.83 bits per heavy atom. The van der Waals surface area contributed by atoms with E-state index in [1.165, 1.54) is 23.9 Å². The summed E-state index contributed by atoms with van der Waals surface area (Å²) < 4.78 is 69.9. The van der Waals surface area contributed by atoms with Crippen LogP contribution < -0.4 is 0 Å². The number of benzene rings is 2.